The maximum absolute atomic E-state index is 11.8. The molecule has 1 atom stereocenters. The van der Waals surface area contributed by atoms with Crippen LogP contribution in [0.3, 0.4) is 0 Å². The summed E-state index contributed by atoms with van der Waals surface area (Å²) in [5.41, 5.74) is 0. The summed E-state index contributed by atoms with van der Waals surface area (Å²) in [7, 11) is 0. The Morgan fingerprint density at radius 2 is 2.23 bits per heavy atom. The van der Waals surface area contributed by atoms with Crippen molar-refractivity contribution in [3.8, 4) is 0 Å². The Morgan fingerprint density at radius 1 is 1.46 bits per heavy atom. The number of hydrogen-bond acceptors (Lipinski definition) is 3. The van der Waals surface area contributed by atoms with E-state index in [2.05, 4.69) is 5.32 Å². The van der Waals surface area contributed by atoms with Crippen molar-refractivity contribution in [2.24, 2.45) is 0 Å². The molecular formula is C9H18N2OS. The van der Waals surface area contributed by atoms with Gasteiger partial charge in [-0.15, -0.1) is 0 Å². The number of amides is 1. The zero-order chi connectivity index (χ0) is 9.68. The first-order chi connectivity index (χ1) is 6.25. The molecule has 0 spiro atoms. The molecule has 1 aliphatic rings. The van der Waals surface area contributed by atoms with E-state index < -0.39 is 0 Å². The molecule has 1 N–H and O–H groups in total. The molecule has 0 aromatic heterocycles. The van der Waals surface area contributed by atoms with E-state index in [1.807, 2.05) is 18.1 Å². The zero-order valence-electron chi connectivity index (χ0n) is 8.38. The zero-order valence-corrected chi connectivity index (χ0v) is 9.19. The van der Waals surface area contributed by atoms with Gasteiger partial charge >= 0.3 is 0 Å². The van der Waals surface area contributed by atoms with Gasteiger partial charge in [-0.1, -0.05) is 0 Å². The summed E-state index contributed by atoms with van der Waals surface area (Å²) >= 11 is 1.62. The minimum Gasteiger partial charge on any atom is -0.340 e. The van der Waals surface area contributed by atoms with E-state index in [1.165, 1.54) is 0 Å². The fourth-order valence-electron chi connectivity index (χ4n) is 1.42. The van der Waals surface area contributed by atoms with Crippen molar-refractivity contribution in [2.45, 2.75) is 18.6 Å². The first-order valence-corrected chi connectivity index (χ1v) is 6.07. The van der Waals surface area contributed by atoms with E-state index in [4.69, 9.17) is 0 Å². The summed E-state index contributed by atoms with van der Waals surface area (Å²) in [6.07, 6.45) is 3.06. The van der Waals surface area contributed by atoms with E-state index in [0.29, 0.717) is 0 Å². The maximum atomic E-state index is 11.8. The molecule has 0 aromatic rings. The Balaban J connectivity index is 2.43. The second-order valence-corrected chi connectivity index (χ2v) is 4.49. The third-order valence-electron chi connectivity index (χ3n) is 2.35. The molecule has 13 heavy (non-hydrogen) atoms. The van der Waals surface area contributed by atoms with E-state index in [9.17, 15) is 4.79 Å². The van der Waals surface area contributed by atoms with Crippen molar-refractivity contribution < 1.29 is 4.79 Å². The normalized spacial score (nSPS) is 20.9. The van der Waals surface area contributed by atoms with Gasteiger partial charge in [0, 0.05) is 19.6 Å². The van der Waals surface area contributed by atoms with Crippen LogP contribution < -0.4 is 5.32 Å². The third kappa shape index (κ3) is 3.19. The van der Waals surface area contributed by atoms with E-state index in [1.54, 1.807) is 11.8 Å². The van der Waals surface area contributed by atoms with Crippen molar-refractivity contribution in [1.82, 2.24) is 10.2 Å². The highest BCUT2D eigenvalue weighted by Gasteiger charge is 2.19. The molecule has 0 radical (unpaired) electrons. The van der Waals surface area contributed by atoms with Gasteiger partial charge in [0.05, 0.1) is 5.25 Å². The van der Waals surface area contributed by atoms with Gasteiger partial charge in [0.15, 0.2) is 0 Å². The summed E-state index contributed by atoms with van der Waals surface area (Å²) < 4.78 is 0. The molecule has 1 fully saturated rings. The van der Waals surface area contributed by atoms with Crippen LogP contribution in [0.5, 0.6) is 0 Å². The molecule has 4 heteroatoms. The predicted octanol–water partition coefficient (Wildman–Crippen LogP) is 0.560. The van der Waals surface area contributed by atoms with Crippen LogP contribution >= 0.6 is 11.8 Å². The summed E-state index contributed by atoms with van der Waals surface area (Å²) in [4.78, 5) is 13.7. The first-order valence-electron chi connectivity index (χ1n) is 4.78. The summed E-state index contributed by atoms with van der Waals surface area (Å²) in [5, 5.41) is 3.40. The van der Waals surface area contributed by atoms with E-state index >= 15 is 0 Å². The number of carbonyl (C=O) groups is 1. The summed E-state index contributed by atoms with van der Waals surface area (Å²) in [6, 6.07) is 0. The van der Waals surface area contributed by atoms with Gasteiger partial charge < -0.3 is 10.2 Å². The van der Waals surface area contributed by atoms with Crippen molar-refractivity contribution in [3.63, 3.8) is 0 Å². The fourth-order valence-corrected chi connectivity index (χ4v) is 1.77. The maximum Gasteiger partial charge on any atom is 0.235 e. The van der Waals surface area contributed by atoms with Crippen LogP contribution in [-0.4, -0.2) is 48.5 Å². The van der Waals surface area contributed by atoms with Gasteiger partial charge in [-0.25, -0.2) is 0 Å². The second kappa shape index (κ2) is 5.50. The number of nitrogens with one attached hydrogen (secondary N) is 1. The highest BCUT2D eigenvalue weighted by Crippen LogP contribution is 2.10. The Kier molecular flexibility index (Phi) is 4.59. The molecule has 0 saturated carbocycles. The van der Waals surface area contributed by atoms with Crippen LogP contribution in [-0.2, 0) is 4.79 Å². The second-order valence-electron chi connectivity index (χ2n) is 3.31. The molecule has 76 valence electrons. The third-order valence-corrected chi connectivity index (χ3v) is 3.26. The molecule has 1 amide bonds. The SMILES string of the molecule is CSC(C)C(=O)N1CCCNCC1. The molecule has 0 aromatic carbocycles. The lowest BCUT2D eigenvalue weighted by atomic mass is 10.3. The van der Waals surface area contributed by atoms with Crippen molar-refractivity contribution in [3.05, 3.63) is 0 Å². The smallest absolute Gasteiger partial charge is 0.235 e. The average molecular weight is 202 g/mol. The minimum atomic E-state index is 0.109. The van der Waals surface area contributed by atoms with Gasteiger partial charge in [0.25, 0.3) is 0 Å². The monoisotopic (exact) mass is 202 g/mol. The standard InChI is InChI=1S/C9H18N2OS/c1-8(13-2)9(12)11-6-3-4-10-5-7-11/h8,10H,3-7H2,1-2H3. The lowest BCUT2D eigenvalue weighted by Gasteiger charge is -2.22. The lowest BCUT2D eigenvalue weighted by molar-refractivity contribution is -0.130. The van der Waals surface area contributed by atoms with Crippen molar-refractivity contribution in [2.75, 3.05) is 32.4 Å². The minimum absolute atomic E-state index is 0.109. The van der Waals surface area contributed by atoms with E-state index in [-0.39, 0.29) is 11.2 Å². The molecule has 1 unspecified atom stereocenters. The van der Waals surface area contributed by atoms with Crippen molar-refractivity contribution in [1.29, 1.82) is 0 Å². The Labute approximate surface area is 84.2 Å². The van der Waals surface area contributed by atoms with Crippen LogP contribution in [0.25, 0.3) is 0 Å². The highest BCUT2D eigenvalue weighted by molar-refractivity contribution is 7.99. The van der Waals surface area contributed by atoms with Crippen LogP contribution in [0, 0.1) is 0 Å². The van der Waals surface area contributed by atoms with Crippen LogP contribution in [0.2, 0.25) is 0 Å². The van der Waals surface area contributed by atoms with Gasteiger partial charge in [0.2, 0.25) is 5.91 Å². The molecule has 1 saturated heterocycles. The van der Waals surface area contributed by atoms with Gasteiger partial charge in [-0.3, -0.25) is 4.79 Å². The number of hydrogen-bond donors (Lipinski definition) is 1. The predicted molar refractivity (Wildman–Crippen MR) is 57.0 cm³/mol. The molecule has 3 nitrogen and oxygen atoms in total. The molecular weight excluding hydrogens is 184 g/mol. The number of carbonyl (C=O) groups excluding carboxylic acids is 1. The molecule has 1 heterocycles. The van der Waals surface area contributed by atoms with Gasteiger partial charge in [0.1, 0.15) is 0 Å². The summed E-state index contributed by atoms with van der Waals surface area (Å²) in [6.45, 7) is 5.73. The summed E-state index contributed by atoms with van der Waals surface area (Å²) in [5.74, 6) is 0.288. The molecule has 0 bridgehead atoms. The Hall–Kier alpha value is -0.220. The van der Waals surface area contributed by atoms with Gasteiger partial charge in [-0.05, 0) is 26.1 Å². The topological polar surface area (TPSA) is 32.3 Å². The van der Waals surface area contributed by atoms with Crippen molar-refractivity contribution >= 4 is 17.7 Å². The molecule has 1 rings (SSSR count). The quantitative estimate of drug-likeness (QED) is 0.710. The Morgan fingerprint density at radius 3 is 2.92 bits per heavy atom. The highest BCUT2D eigenvalue weighted by atomic mass is 32.2. The first kappa shape index (κ1) is 10.9. The largest absolute Gasteiger partial charge is 0.340 e. The van der Waals surface area contributed by atoms with Gasteiger partial charge in [-0.2, -0.15) is 11.8 Å². The Bertz CT molecular complexity index is 167. The lowest BCUT2D eigenvalue weighted by Crippen LogP contribution is -2.38. The van der Waals surface area contributed by atoms with Crippen LogP contribution in [0.15, 0.2) is 0 Å². The number of thioether (sulfide) groups is 1. The molecule has 1 aliphatic heterocycles. The van der Waals surface area contributed by atoms with Crippen LogP contribution in [0.4, 0.5) is 0 Å². The fraction of sp³-hybridized carbons (Fsp3) is 0.889. The average Bonchev–Trinajstić information content (AvgIpc) is 2.43. The molecule has 0 aliphatic carbocycles. The van der Waals surface area contributed by atoms with Crippen LogP contribution in [0.1, 0.15) is 13.3 Å². The number of rotatable bonds is 2. The van der Waals surface area contributed by atoms with E-state index in [0.717, 1.165) is 32.6 Å². The number of nitrogens with zero attached hydrogens (tertiary/aromatic N) is 1.